The number of nitrogens with one attached hydrogen (secondary N) is 1. The standard InChI is InChI=1S/C19H21ClN2O4/c1-12(26-15-8-5-13(6-9-15)19(2,3)4)18(23)21-17-11-14(22(24)25)7-10-16(17)20/h5-12H,1-4H3,(H,21,23)/t12-/m1/s1. The number of carbonyl (C=O) groups excluding carboxylic acids is 1. The van der Waals surface area contributed by atoms with Crippen LogP contribution in [0.1, 0.15) is 33.3 Å². The normalized spacial score (nSPS) is 12.3. The third-order valence-corrected chi connectivity index (χ3v) is 4.15. The second-order valence-electron chi connectivity index (χ2n) is 6.94. The van der Waals surface area contributed by atoms with Crippen LogP contribution in [-0.2, 0) is 10.2 Å². The van der Waals surface area contributed by atoms with Crippen molar-refractivity contribution >= 4 is 28.9 Å². The van der Waals surface area contributed by atoms with Crippen LogP contribution in [0.15, 0.2) is 42.5 Å². The predicted molar refractivity (Wildman–Crippen MR) is 102 cm³/mol. The van der Waals surface area contributed by atoms with E-state index in [1.807, 2.05) is 24.3 Å². The van der Waals surface area contributed by atoms with E-state index in [1.54, 1.807) is 6.92 Å². The molecule has 26 heavy (non-hydrogen) atoms. The highest BCUT2D eigenvalue weighted by atomic mass is 35.5. The minimum atomic E-state index is -0.800. The van der Waals surface area contributed by atoms with Gasteiger partial charge in [0.25, 0.3) is 11.6 Å². The highest BCUT2D eigenvalue weighted by Gasteiger charge is 2.19. The van der Waals surface area contributed by atoms with E-state index >= 15 is 0 Å². The maximum atomic E-state index is 12.3. The highest BCUT2D eigenvalue weighted by molar-refractivity contribution is 6.33. The molecule has 7 heteroatoms. The fraction of sp³-hybridized carbons (Fsp3) is 0.316. The Kier molecular flexibility index (Phi) is 5.87. The van der Waals surface area contributed by atoms with Gasteiger partial charge in [-0.3, -0.25) is 14.9 Å². The molecule has 1 atom stereocenters. The molecule has 0 aliphatic carbocycles. The Labute approximate surface area is 157 Å². The van der Waals surface area contributed by atoms with E-state index in [0.29, 0.717) is 5.75 Å². The van der Waals surface area contributed by atoms with Crippen molar-refractivity contribution in [1.82, 2.24) is 0 Å². The van der Waals surface area contributed by atoms with Gasteiger partial charge < -0.3 is 10.1 Å². The van der Waals surface area contributed by atoms with Gasteiger partial charge in [-0.05, 0) is 36.1 Å². The molecule has 0 heterocycles. The van der Waals surface area contributed by atoms with Crippen LogP contribution >= 0.6 is 11.6 Å². The maximum Gasteiger partial charge on any atom is 0.271 e. The van der Waals surface area contributed by atoms with Gasteiger partial charge in [0.15, 0.2) is 6.10 Å². The first-order chi connectivity index (χ1) is 12.1. The molecule has 138 valence electrons. The maximum absolute atomic E-state index is 12.3. The summed E-state index contributed by atoms with van der Waals surface area (Å²) < 4.78 is 5.64. The molecule has 2 aromatic rings. The van der Waals surface area contributed by atoms with Gasteiger partial charge in [0.1, 0.15) is 5.75 Å². The first-order valence-electron chi connectivity index (χ1n) is 8.10. The third-order valence-electron chi connectivity index (χ3n) is 3.82. The molecule has 2 aromatic carbocycles. The van der Waals surface area contributed by atoms with Crippen LogP contribution in [-0.4, -0.2) is 16.9 Å². The van der Waals surface area contributed by atoms with E-state index in [9.17, 15) is 14.9 Å². The monoisotopic (exact) mass is 376 g/mol. The zero-order valence-corrected chi connectivity index (χ0v) is 15.8. The molecule has 1 N–H and O–H groups in total. The summed E-state index contributed by atoms with van der Waals surface area (Å²) in [5.74, 6) is 0.109. The van der Waals surface area contributed by atoms with Crippen LogP contribution in [0.5, 0.6) is 5.75 Å². The van der Waals surface area contributed by atoms with Gasteiger partial charge in [-0.2, -0.15) is 0 Å². The van der Waals surface area contributed by atoms with Crippen molar-refractivity contribution in [2.45, 2.75) is 39.2 Å². The number of anilines is 1. The van der Waals surface area contributed by atoms with Gasteiger partial charge >= 0.3 is 0 Å². The van der Waals surface area contributed by atoms with Crippen molar-refractivity contribution in [2.24, 2.45) is 0 Å². The van der Waals surface area contributed by atoms with Gasteiger partial charge in [-0.25, -0.2) is 0 Å². The van der Waals surface area contributed by atoms with E-state index in [0.717, 1.165) is 5.56 Å². The Balaban J connectivity index is 2.06. The van der Waals surface area contributed by atoms with Gasteiger partial charge in [-0.15, -0.1) is 0 Å². The summed E-state index contributed by atoms with van der Waals surface area (Å²) in [6.07, 6.45) is -0.800. The van der Waals surface area contributed by atoms with E-state index in [4.69, 9.17) is 16.3 Å². The number of rotatable bonds is 5. The number of nitro groups is 1. The number of hydrogen-bond donors (Lipinski definition) is 1. The number of benzene rings is 2. The smallest absolute Gasteiger partial charge is 0.271 e. The summed E-state index contributed by atoms with van der Waals surface area (Å²) in [6, 6.07) is 11.4. The molecule has 2 rings (SSSR count). The lowest BCUT2D eigenvalue weighted by atomic mass is 9.87. The molecular formula is C19H21ClN2O4. The van der Waals surface area contributed by atoms with E-state index in [2.05, 4.69) is 26.1 Å². The number of nitro benzene ring substituents is 1. The van der Waals surface area contributed by atoms with Crippen LogP contribution in [0, 0.1) is 10.1 Å². The highest BCUT2D eigenvalue weighted by Crippen LogP contribution is 2.27. The zero-order chi connectivity index (χ0) is 19.5. The van der Waals surface area contributed by atoms with Crippen molar-refractivity contribution in [2.75, 3.05) is 5.32 Å². The molecule has 6 nitrogen and oxygen atoms in total. The van der Waals surface area contributed by atoms with Crippen LogP contribution in [0.4, 0.5) is 11.4 Å². The van der Waals surface area contributed by atoms with E-state index in [-0.39, 0.29) is 21.8 Å². The van der Waals surface area contributed by atoms with Gasteiger partial charge in [0.05, 0.1) is 15.6 Å². The van der Waals surface area contributed by atoms with Gasteiger partial charge in [-0.1, -0.05) is 44.5 Å². The Morgan fingerprint density at radius 3 is 2.35 bits per heavy atom. The first kappa shape index (κ1) is 19.7. The minimum Gasteiger partial charge on any atom is -0.481 e. The van der Waals surface area contributed by atoms with Gasteiger partial charge in [0.2, 0.25) is 0 Å². The summed E-state index contributed by atoms with van der Waals surface area (Å²) in [7, 11) is 0. The number of nitrogens with zero attached hydrogens (tertiary/aromatic N) is 1. The topological polar surface area (TPSA) is 81.5 Å². The number of halogens is 1. The number of ether oxygens (including phenoxy) is 1. The fourth-order valence-corrected chi connectivity index (χ4v) is 2.41. The average molecular weight is 377 g/mol. The van der Waals surface area contributed by atoms with E-state index < -0.39 is 16.9 Å². The number of hydrogen-bond acceptors (Lipinski definition) is 4. The Hall–Kier alpha value is -2.60. The molecule has 0 saturated carbocycles. The second-order valence-corrected chi connectivity index (χ2v) is 7.35. The molecule has 0 bridgehead atoms. The quantitative estimate of drug-likeness (QED) is 0.591. The molecular weight excluding hydrogens is 356 g/mol. The van der Waals surface area contributed by atoms with Crippen molar-refractivity contribution in [3.8, 4) is 5.75 Å². The molecule has 0 unspecified atom stereocenters. The zero-order valence-electron chi connectivity index (χ0n) is 15.1. The van der Waals surface area contributed by atoms with Crippen LogP contribution in [0.3, 0.4) is 0 Å². The Morgan fingerprint density at radius 2 is 1.81 bits per heavy atom. The van der Waals surface area contributed by atoms with Crippen LogP contribution in [0.2, 0.25) is 5.02 Å². The third kappa shape index (κ3) is 4.95. The average Bonchev–Trinajstić information content (AvgIpc) is 2.56. The first-order valence-corrected chi connectivity index (χ1v) is 8.48. The molecule has 0 aliphatic rings. The number of non-ortho nitro benzene ring substituents is 1. The Morgan fingerprint density at radius 1 is 1.19 bits per heavy atom. The van der Waals surface area contributed by atoms with Crippen molar-refractivity contribution in [3.63, 3.8) is 0 Å². The lowest BCUT2D eigenvalue weighted by molar-refractivity contribution is -0.384. The SMILES string of the molecule is C[C@@H](Oc1ccc(C(C)(C)C)cc1)C(=O)Nc1cc([N+](=O)[O-])ccc1Cl. The molecule has 0 spiro atoms. The summed E-state index contributed by atoms with van der Waals surface area (Å²) in [4.78, 5) is 22.6. The summed E-state index contributed by atoms with van der Waals surface area (Å²) in [5, 5.41) is 13.6. The van der Waals surface area contributed by atoms with Crippen LogP contribution < -0.4 is 10.1 Å². The molecule has 1 amide bonds. The summed E-state index contributed by atoms with van der Waals surface area (Å²) in [6.45, 7) is 7.93. The second kappa shape index (κ2) is 7.74. The van der Waals surface area contributed by atoms with Crippen molar-refractivity contribution in [3.05, 3.63) is 63.2 Å². The van der Waals surface area contributed by atoms with Gasteiger partial charge in [0, 0.05) is 12.1 Å². The molecule has 0 aliphatic heterocycles. The summed E-state index contributed by atoms with van der Waals surface area (Å²) in [5.41, 5.74) is 1.20. The van der Waals surface area contributed by atoms with Crippen molar-refractivity contribution in [1.29, 1.82) is 0 Å². The number of amides is 1. The van der Waals surface area contributed by atoms with E-state index in [1.165, 1.54) is 18.2 Å². The van der Waals surface area contributed by atoms with Crippen molar-refractivity contribution < 1.29 is 14.5 Å². The number of carbonyl (C=O) groups is 1. The predicted octanol–water partition coefficient (Wildman–Crippen LogP) is 4.95. The lowest BCUT2D eigenvalue weighted by Crippen LogP contribution is -2.30. The fourth-order valence-electron chi connectivity index (χ4n) is 2.25. The Bertz CT molecular complexity index is 813. The molecule has 0 aromatic heterocycles. The van der Waals surface area contributed by atoms with Crippen LogP contribution in [0.25, 0.3) is 0 Å². The minimum absolute atomic E-state index is 0.0281. The largest absolute Gasteiger partial charge is 0.481 e. The molecule has 0 saturated heterocycles. The molecule has 0 radical (unpaired) electrons. The summed E-state index contributed by atoms with van der Waals surface area (Å²) >= 11 is 5.99. The molecule has 0 fully saturated rings. The lowest BCUT2D eigenvalue weighted by Gasteiger charge is -2.20.